The van der Waals surface area contributed by atoms with Crippen LogP contribution in [0, 0.1) is 11.3 Å². The normalized spacial score (nSPS) is 21.6. The predicted octanol–water partition coefficient (Wildman–Crippen LogP) is 0.848. The van der Waals surface area contributed by atoms with Gasteiger partial charge in [-0.25, -0.2) is 0 Å². The molecule has 1 unspecified atom stereocenters. The molecular weight excluding hydrogens is 202 g/mol. The van der Waals surface area contributed by atoms with Gasteiger partial charge in [0.15, 0.2) is 6.10 Å². The fourth-order valence-corrected chi connectivity index (χ4v) is 1.82. The largest absolute Gasteiger partial charge is 0.361 e. The second kappa shape index (κ2) is 5.59. The summed E-state index contributed by atoms with van der Waals surface area (Å²) in [6, 6.07) is 6.19. The molecule has 0 bridgehead atoms. The third kappa shape index (κ3) is 3.02. The molecule has 1 saturated heterocycles. The van der Waals surface area contributed by atoms with Crippen molar-refractivity contribution in [1.82, 2.24) is 9.88 Å². The molecule has 0 spiro atoms. The Morgan fingerprint density at radius 3 is 3.31 bits per heavy atom. The first-order valence-electron chi connectivity index (χ1n) is 5.51. The van der Waals surface area contributed by atoms with E-state index >= 15 is 0 Å². The lowest BCUT2D eigenvalue weighted by Gasteiger charge is -2.29. The monoisotopic (exact) mass is 217 g/mol. The molecule has 1 aromatic heterocycles. The lowest BCUT2D eigenvalue weighted by molar-refractivity contribution is 0.00104. The number of morpholine rings is 1. The highest BCUT2D eigenvalue weighted by molar-refractivity contribution is 5.08. The minimum Gasteiger partial charge on any atom is -0.361 e. The SMILES string of the molecule is N#CC1CN(CCc2cccnc2)CCO1. The molecule has 0 aromatic carbocycles. The molecule has 0 saturated carbocycles. The Labute approximate surface area is 95.5 Å². The zero-order chi connectivity index (χ0) is 11.2. The van der Waals surface area contributed by atoms with Gasteiger partial charge in [-0.2, -0.15) is 5.26 Å². The van der Waals surface area contributed by atoms with Gasteiger partial charge in [-0.05, 0) is 18.1 Å². The van der Waals surface area contributed by atoms with Crippen molar-refractivity contribution in [2.45, 2.75) is 12.5 Å². The van der Waals surface area contributed by atoms with Crippen molar-refractivity contribution >= 4 is 0 Å². The summed E-state index contributed by atoms with van der Waals surface area (Å²) in [6.45, 7) is 3.26. The zero-order valence-electron chi connectivity index (χ0n) is 9.17. The van der Waals surface area contributed by atoms with Crippen LogP contribution in [0.15, 0.2) is 24.5 Å². The molecule has 2 heterocycles. The predicted molar refractivity (Wildman–Crippen MR) is 59.7 cm³/mol. The third-order valence-corrected chi connectivity index (χ3v) is 2.73. The minimum absolute atomic E-state index is 0.261. The summed E-state index contributed by atoms with van der Waals surface area (Å²) in [6.07, 6.45) is 4.39. The van der Waals surface area contributed by atoms with E-state index in [1.807, 2.05) is 12.3 Å². The van der Waals surface area contributed by atoms with Crippen LogP contribution in [-0.4, -0.2) is 42.2 Å². The van der Waals surface area contributed by atoms with Crippen molar-refractivity contribution in [1.29, 1.82) is 5.26 Å². The van der Waals surface area contributed by atoms with Crippen LogP contribution in [0.3, 0.4) is 0 Å². The Bertz CT molecular complexity index is 360. The maximum atomic E-state index is 8.78. The van der Waals surface area contributed by atoms with Crippen molar-refractivity contribution < 1.29 is 4.74 Å². The first-order valence-corrected chi connectivity index (χ1v) is 5.51. The summed E-state index contributed by atoms with van der Waals surface area (Å²) in [5.41, 5.74) is 1.24. The molecule has 1 aromatic rings. The topological polar surface area (TPSA) is 49.2 Å². The average Bonchev–Trinajstić information content (AvgIpc) is 2.38. The highest BCUT2D eigenvalue weighted by atomic mass is 16.5. The molecule has 1 atom stereocenters. The molecular formula is C12H15N3O. The van der Waals surface area contributed by atoms with E-state index in [4.69, 9.17) is 10.00 Å². The summed E-state index contributed by atoms with van der Waals surface area (Å²) < 4.78 is 5.29. The van der Waals surface area contributed by atoms with Gasteiger partial charge in [-0.15, -0.1) is 0 Å². The first kappa shape index (κ1) is 11.1. The summed E-state index contributed by atoms with van der Waals surface area (Å²) >= 11 is 0. The van der Waals surface area contributed by atoms with Crippen LogP contribution in [0.25, 0.3) is 0 Å². The molecule has 4 heteroatoms. The van der Waals surface area contributed by atoms with Gasteiger partial charge in [0.1, 0.15) is 0 Å². The number of aromatic nitrogens is 1. The summed E-state index contributed by atoms with van der Waals surface area (Å²) in [5, 5.41) is 8.78. The van der Waals surface area contributed by atoms with E-state index in [9.17, 15) is 0 Å². The van der Waals surface area contributed by atoms with E-state index in [0.717, 1.165) is 26.1 Å². The number of ether oxygens (including phenoxy) is 1. The second-order valence-electron chi connectivity index (χ2n) is 3.90. The Balaban J connectivity index is 1.80. The number of hydrogen-bond donors (Lipinski definition) is 0. The summed E-state index contributed by atoms with van der Waals surface area (Å²) in [7, 11) is 0. The minimum atomic E-state index is -0.261. The molecule has 0 radical (unpaired) electrons. The molecule has 84 valence electrons. The smallest absolute Gasteiger partial charge is 0.156 e. The van der Waals surface area contributed by atoms with Gasteiger partial charge in [0, 0.05) is 32.0 Å². The molecule has 16 heavy (non-hydrogen) atoms. The van der Waals surface area contributed by atoms with E-state index in [-0.39, 0.29) is 6.10 Å². The third-order valence-electron chi connectivity index (χ3n) is 2.73. The van der Waals surface area contributed by atoms with Gasteiger partial charge < -0.3 is 4.74 Å². The van der Waals surface area contributed by atoms with Crippen molar-refractivity contribution in [2.75, 3.05) is 26.2 Å². The van der Waals surface area contributed by atoms with E-state index in [2.05, 4.69) is 22.0 Å². The number of rotatable bonds is 3. The van der Waals surface area contributed by atoms with Crippen LogP contribution in [0.4, 0.5) is 0 Å². The first-order chi connectivity index (χ1) is 7.88. The van der Waals surface area contributed by atoms with Crippen molar-refractivity contribution in [3.05, 3.63) is 30.1 Å². The fourth-order valence-electron chi connectivity index (χ4n) is 1.82. The lowest BCUT2D eigenvalue weighted by atomic mass is 10.2. The molecule has 1 aliphatic heterocycles. The Morgan fingerprint density at radius 2 is 2.56 bits per heavy atom. The van der Waals surface area contributed by atoms with Crippen LogP contribution >= 0.6 is 0 Å². The number of nitriles is 1. The van der Waals surface area contributed by atoms with Crippen LogP contribution < -0.4 is 0 Å². The number of nitrogens with zero attached hydrogens (tertiary/aromatic N) is 3. The maximum absolute atomic E-state index is 8.78. The average molecular weight is 217 g/mol. The van der Waals surface area contributed by atoms with E-state index in [1.165, 1.54) is 5.56 Å². The molecule has 0 aliphatic carbocycles. The molecule has 4 nitrogen and oxygen atoms in total. The molecule has 0 N–H and O–H groups in total. The number of hydrogen-bond acceptors (Lipinski definition) is 4. The zero-order valence-corrected chi connectivity index (χ0v) is 9.17. The van der Waals surface area contributed by atoms with Crippen LogP contribution in [0.1, 0.15) is 5.56 Å². The molecule has 1 aliphatic rings. The standard InChI is InChI=1S/C12H15N3O/c13-8-12-10-15(6-7-16-12)5-3-11-2-1-4-14-9-11/h1-2,4,9,12H,3,5-7,10H2. The van der Waals surface area contributed by atoms with Gasteiger partial charge >= 0.3 is 0 Å². The van der Waals surface area contributed by atoms with Gasteiger partial charge in [-0.3, -0.25) is 9.88 Å². The number of pyridine rings is 1. The van der Waals surface area contributed by atoms with E-state index in [1.54, 1.807) is 6.20 Å². The van der Waals surface area contributed by atoms with Crippen molar-refractivity contribution in [2.24, 2.45) is 0 Å². The van der Waals surface area contributed by atoms with Gasteiger partial charge in [0.25, 0.3) is 0 Å². The fraction of sp³-hybridized carbons (Fsp3) is 0.500. The van der Waals surface area contributed by atoms with Crippen LogP contribution in [0.5, 0.6) is 0 Å². The van der Waals surface area contributed by atoms with Gasteiger partial charge in [0.05, 0.1) is 12.7 Å². The second-order valence-corrected chi connectivity index (χ2v) is 3.90. The van der Waals surface area contributed by atoms with Crippen LogP contribution in [0.2, 0.25) is 0 Å². The molecule has 0 amide bonds. The summed E-state index contributed by atoms with van der Waals surface area (Å²) in [4.78, 5) is 6.35. The van der Waals surface area contributed by atoms with Crippen molar-refractivity contribution in [3.8, 4) is 6.07 Å². The Morgan fingerprint density at radius 1 is 1.62 bits per heavy atom. The molecule has 1 fully saturated rings. The lowest BCUT2D eigenvalue weighted by Crippen LogP contribution is -2.42. The van der Waals surface area contributed by atoms with Gasteiger partial charge in [-0.1, -0.05) is 6.07 Å². The van der Waals surface area contributed by atoms with Crippen LogP contribution in [-0.2, 0) is 11.2 Å². The van der Waals surface area contributed by atoms with E-state index < -0.39 is 0 Å². The summed E-state index contributed by atoms with van der Waals surface area (Å²) in [5.74, 6) is 0. The maximum Gasteiger partial charge on any atom is 0.156 e. The van der Waals surface area contributed by atoms with Gasteiger partial charge in [0.2, 0.25) is 0 Å². The van der Waals surface area contributed by atoms with E-state index in [0.29, 0.717) is 6.61 Å². The highest BCUT2D eigenvalue weighted by Gasteiger charge is 2.19. The Hall–Kier alpha value is -1.44. The molecule has 2 rings (SSSR count). The van der Waals surface area contributed by atoms with Crippen molar-refractivity contribution in [3.63, 3.8) is 0 Å². The quantitative estimate of drug-likeness (QED) is 0.753. The highest BCUT2D eigenvalue weighted by Crippen LogP contribution is 2.06. The Kier molecular flexibility index (Phi) is 3.86.